The lowest BCUT2D eigenvalue weighted by Crippen LogP contribution is -2.39. The summed E-state index contributed by atoms with van der Waals surface area (Å²) >= 11 is 0. The largest absolute Gasteiger partial charge is 0.356 e. The molecule has 1 aliphatic rings. The Hall–Kier alpha value is -0.860. The predicted molar refractivity (Wildman–Crippen MR) is 123 cm³/mol. The van der Waals surface area contributed by atoms with Gasteiger partial charge in [0, 0.05) is 33.2 Å². The number of aliphatic imine (C=N–C) groups is 1. The Labute approximate surface area is 176 Å². The molecule has 0 unspecified atom stereocenters. The maximum Gasteiger partial charge on any atom is 0.190 e. The fourth-order valence-corrected chi connectivity index (χ4v) is 3.20. The van der Waals surface area contributed by atoms with Crippen LogP contribution in [0.25, 0.3) is 0 Å². The fourth-order valence-electron chi connectivity index (χ4n) is 3.20. The molecule has 1 fully saturated rings. The zero-order valence-electron chi connectivity index (χ0n) is 16.4. The Morgan fingerprint density at radius 2 is 1.73 bits per heavy atom. The fraction of sp³-hybridized carbons (Fsp3) is 0.650. The second kappa shape index (κ2) is 14.2. The normalized spacial score (nSPS) is 16.6. The van der Waals surface area contributed by atoms with E-state index in [4.69, 9.17) is 0 Å². The van der Waals surface area contributed by atoms with E-state index in [1.165, 1.54) is 44.7 Å². The SMILES string of the molecule is CN=C(NCCCc1ccccc1)NCCCN1CCCN(C)CC1.I. The molecule has 0 bridgehead atoms. The molecule has 0 spiro atoms. The van der Waals surface area contributed by atoms with Gasteiger partial charge < -0.3 is 20.4 Å². The molecule has 0 atom stereocenters. The average Bonchev–Trinajstić information content (AvgIpc) is 2.85. The molecule has 2 N–H and O–H groups in total. The van der Waals surface area contributed by atoms with Gasteiger partial charge in [-0.05, 0) is 57.9 Å². The molecule has 0 saturated carbocycles. The van der Waals surface area contributed by atoms with Gasteiger partial charge >= 0.3 is 0 Å². The summed E-state index contributed by atoms with van der Waals surface area (Å²) in [6, 6.07) is 10.6. The van der Waals surface area contributed by atoms with Crippen molar-refractivity contribution >= 4 is 29.9 Å². The molecule has 1 aliphatic heterocycles. The zero-order chi connectivity index (χ0) is 17.7. The highest BCUT2D eigenvalue weighted by atomic mass is 127. The molecule has 1 aromatic carbocycles. The van der Waals surface area contributed by atoms with E-state index < -0.39 is 0 Å². The van der Waals surface area contributed by atoms with Gasteiger partial charge in [-0.15, -0.1) is 24.0 Å². The number of halogens is 1. The summed E-state index contributed by atoms with van der Waals surface area (Å²) < 4.78 is 0. The molecular formula is C20H36IN5. The van der Waals surface area contributed by atoms with Crippen LogP contribution < -0.4 is 10.6 Å². The Kier molecular flexibility index (Phi) is 12.7. The molecule has 6 heteroatoms. The van der Waals surface area contributed by atoms with E-state index in [0.29, 0.717) is 0 Å². The maximum atomic E-state index is 4.32. The quantitative estimate of drug-likeness (QED) is 0.264. The van der Waals surface area contributed by atoms with E-state index in [9.17, 15) is 0 Å². The van der Waals surface area contributed by atoms with Crippen molar-refractivity contribution in [3.05, 3.63) is 35.9 Å². The summed E-state index contributed by atoms with van der Waals surface area (Å²) in [5.41, 5.74) is 1.40. The lowest BCUT2D eigenvalue weighted by Gasteiger charge is -2.20. The summed E-state index contributed by atoms with van der Waals surface area (Å²) in [5.74, 6) is 0.920. The van der Waals surface area contributed by atoms with Crippen LogP contribution in [0, 0.1) is 0 Å². The smallest absolute Gasteiger partial charge is 0.190 e. The third kappa shape index (κ3) is 9.73. The van der Waals surface area contributed by atoms with E-state index in [2.05, 4.69) is 62.8 Å². The van der Waals surface area contributed by atoms with E-state index >= 15 is 0 Å². The first kappa shape index (κ1) is 23.2. The summed E-state index contributed by atoms with van der Waals surface area (Å²) in [5, 5.41) is 6.85. The van der Waals surface area contributed by atoms with E-state index in [1.54, 1.807) is 0 Å². The number of aryl methyl sites for hydroxylation is 1. The molecule has 0 amide bonds. The number of guanidine groups is 1. The molecule has 2 rings (SSSR count). The lowest BCUT2D eigenvalue weighted by molar-refractivity contribution is 0.274. The first-order valence-corrected chi connectivity index (χ1v) is 9.67. The molecule has 0 radical (unpaired) electrons. The molecule has 26 heavy (non-hydrogen) atoms. The van der Waals surface area contributed by atoms with Gasteiger partial charge in [0.2, 0.25) is 0 Å². The van der Waals surface area contributed by atoms with Crippen molar-refractivity contribution in [3.63, 3.8) is 0 Å². The molecule has 0 aliphatic carbocycles. The van der Waals surface area contributed by atoms with Gasteiger partial charge in [0.25, 0.3) is 0 Å². The highest BCUT2D eigenvalue weighted by Gasteiger charge is 2.11. The van der Waals surface area contributed by atoms with Crippen LogP contribution >= 0.6 is 24.0 Å². The summed E-state index contributed by atoms with van der Waals surface area (Å²) in [6.45, 7) is 7.95. The van der Waals surface area contributed by atoms with Gasteiger partial charge in [-0.25, -0.2) is 0 Å². The lowest BCUT2D eigenvalue weighted by atomic mass is 10.1. The summed E-state index contributed by atoms with van der Waals surface area (Å²) in [6.07, 6.45) is 4.67. The summed E-state index contributed by atoms with van der Waals surface area (Å²) in [7, 11) is 4.07. The van der Waals surface area contributed by atoms with Gasteiger partial charge in [0.05, 0.1) is 0 Å². The Morgan fingerprint density at radius 1 is 1.00 bits per heavy atom. The third-order valence-electron chi connectivity index (χ3n) is 4.76. The minimum absolute atomic E-state index is 0. The van der Waals surface area contributed by atoms with Gasteiger partial charge in [-0.1, -0.05) is 30.3 Å². The number of hydrogen-bond donors (Lipinski definition) is 2. The van der Waals surface area contributed by atoms with Crippen LogP contribution in [-0.2, 0) is 6.42 Å². The van der Waals surface area contributed by atoms with Gasteiger partial charge in [0.1, 0.15) is 0 Å². The number of rotatable bonds is 8. The Morgan fingerprint density at radius 3 is 2.46 bits per heavy atom. The van der Waals surface area contributed by atoms with Crippen molar-refractivity contribution in [2.24, 2.45) is 4.99 Å². The molecule has 1 saturated heterocycles. The maximum absolute atomic E-state index is 4.32. The first-order valence-electron chi connectivity index (χ1n) is 9.67. The van der Waals surface area contributed by atoms with E-state index in [1.807, 2.05) is 7.05 Å². The molecule has 148 valence electrons. The molecule has 0 aromatic heterocycles. The van der Waals surface area contributed by atoms with Gasteiger partial charge in [0.15, 0.2) is 5.96 Å². The predicted octanol–water partition coefficient (Wildman–Crippen LogP) is 2.43. The molecule has 1 heterocycles. The second-order valence-electron chi connectivity index (χ2n) is 6.87. The minimum atomic E-state index is 0. The zero-order valence-corrected chi connectivity index (χ0v) is 18.7. The second-order valence-corrected chi connectivity index (χ2v) is 6.87. The van der Waals surface area contributed by atoms with Crippen molar-refractivity contribution in [2.45, 2.75) is 25.7 Å². The number of likely N-dealkylation sites (N-methyl/N-ethyl adjacent to an activating group) is 1. The van der Waals surface area contributed by atoms with Crippen LogP contribution in [0.15, 0.2) is 35.3 Å². The summed E-state index contributed by atoms with van der Waals surface area (Å²) in [4.78, 5) is 9.33. The minimum Gasteiger partial charge on any atom is -0.356 e. The van der Waals surface area contributed by atoms with Gasteiger partial charge in [-0.2, -0.15) is 0 Å². The van der Waals surface area contributed by atoms with Crippen molar-refractivity contribution in [3.8, 4) is 0 Å². The standard InChI is InChI=1S/C20H35N5.HI/c1-21-20(22-12-6-11-19-9-4-3-5-10-19)23-13-7-15-25-16-8-14-24(2)17-18-25;/h3-5,9-10H,6-8,11-18H2,1-2H3,(H2,21,22,23);1H. The van der Waals surface area contributed by atoms with Crippen molar-refractivity contribution in [1.29, 1.82) is 0 Å². The highest BCUT2D eigenvalue weighted by molar-refractivity contribution is 14.0. The van der Waals surface area contributed by atoms with E-state index in [0.717, 1.165) is 38.3 Å². The average molecular weight is 473 g/mol. The number of nitrogens with zero attached hydrogens (tertiary/aromatic N) is 3. The molecular weight excluding hydrogens is 437 g/mol. The van der Waals surface area contributed by atoms with Crippen LogP contribution in [0.2, 0.25) is 0 Å². The van der Waals surface area contributed by atoms with E-state index in [-0.39, 0.29) is 24.0 Å². The third-order valence-corrected chi connectivity index (χ3v) is 4.76. The van der Waals surface area contributed by atoms with Crippen molar-refractivity contribution in [2.75, 3.05) is 59.9 Å². The number of nitrogens with one attached hydrogen (secondary N) is 2. The van der Waals surface area contributed by atoms with Crippen molar-refractivity contribution < 1.29 is 0 Å². The van der Waals surface area contributed by atoms with Crippen molar-refractivity contribution in [1.82, 2.24) is 20.4 Å². The number of hydrogen-bond acceptors (Lipinski definition) is 3. The number of benzene rings is 1. The van der Waals surface area contributed by atoms with Crippen LogP contribution in [0.3, 0.4) is 0 Å². The first-order chi connectivity index (χ1) is 12.3. The van der Waals surface area contributed by atoms with Crippen LogP contribution in [-0.4, -0.2) is 75.7 Å². The van der Waals surface area contributed by atoms with Crippen LogP contribution in [0.5, 0.6) is 0 Å². The monoisotopic (exact) mass is 473 g/mol. The van der Waals surface area contributed by atoms with Gasteiger partial charge in [-0.3, -0.25) is 4.99 Å². The Balaban J connectivity index is 0.00000338. The molecule has 1 aromatic rings. The molecule has 5 nitrogen and oxygen atoms in total. The Bertz CT molecular complexity index is 494. The van der Waals surface area contributed by atoms with Crippen LogP contribution in [0.4, 0.5) is 0 Å². The highest BCUT2D eigenvalue weighted by Crippen LogP contribution is 2.02. The topological polar surface area (TPSA) is 42.9 Å². The van der Waals surface area contributed by atoms with Crippen LogP contribution in [0.1, 0.15) is 24.8 Å².